The first-order valence-electron chi connectivity index (χ1n) is 11.9. The molecule has 2 aromatic carbocycles. The number of nitrogens with zero attached hydrogens (tertiary/aromatic N) is 2. The van der Waals surface area contributed by atoms with Crippen molar-refractivity contribution in [1.29, 1.82) is 5.26 Å². The summed E-state index contributed by atoms with van der Waals surface area (Å²) in [6.45, 7) is -0.239. The van der Waals surface area contributed by atoms with Gasteiger partial charge >= 0.3 is 5.79 Å². The number of fused-ring (bicyclic) bond motifs is 1. The van der Waals surface area contributed by atoms with E-state index in [1.54, 1.807) is 30.3 Å². The number of furan rings is 1. The predicted molar refractivity (Wildman–Crippen MR) is 131 cm³/mol. The van der Waals surface area contributed by atoms with Gasteiger partial charge in [-0.2, -0.15) is 5.26 Å². The van der Waals surface area contributed by atoms with Crippen LogP contribution < -0.4 is 4.74 Å². The van der Waals surface area contributed by atoms with Crippen molar-refractivity contribution >= 4 is 10.8 Å². The molecule has 37 heavy (non-hydrogen) atoms. The molecule has 0 radical (unpaired) electrons. The maximum Gasteiger partial charge on any atom is 0.305 e. The van der Waals surface area contributed by atoms with Gasteiger partial charge in [-0.15, -0.1) is 0 Å². The number of hydrogen-bond acceptors (Lipinski definition) is 9. The second kappa shape index (κ2) is 10.7. The van der Waals surface area contributed by atoms with Crippen molar-refractivity contribution in [3.05, 3.63) is 96.2 Å². The van der Waals surface area contributed by atoms with E-state index in [4.69, 9.17) is 18.6 Å². The molecular formula is C28H26N2O7. The van der Waals surface area contributed by atoms with Gasteiger partial charge in [0.25, 0.3) is 0 Å². The average Bonchev–Trinajstić information content (AvgIpc) is 3.47. The van der Waals surface area contributed by atoms with Crippen LogP contribution in [0.2, 0.25) is 0 Å². The highest BCUT2D eigenvalue weighted by Gasteiger charge is 2.39. The Balaban J connectivity index is 1.43. The van der Waals surface area contributed by atoms with Crippen molar-refractivity contribution in [2.24, 2.45) is 0 Å². The summed E-state index contributed by atoms with van der Waals surface area (Å²) in [5, 5.41) is 42.9. The quantitative estimate of drug-likeness (QED) is 0.242. The van der Waals surface area contributed by atoms with Gasteiger partial charge in [-0.25, -0.2) is 4.98 Å². The van der Waals surface area contributed by atoms with Crippen LogP contribution in [-0.2, 0) is 15.3 Å². The van der Waals surface area contributed by atoms with Gasteiger partial charge in [0.1, 0.15) is 23.6 Å². The SMILES string of the molecule is N#CC(O)(OC(Oc1ccc2ccccc2c1)c1ccoc1)c1cccc(C2CC(O)CC(CO)O2)n1. The van der Waals surface area contributed by atoms with Gasteiger partial charge in [0.05, 0.1) is 42.6 Å². The zero-order valence-corrected chi connectivity index (χ0v) is 19.8. The van der Waals surface area contributed by atoms with Crippen LogP contribution >= 0.6 is 0 Å². The molecule has 9 heteroatoms. The van der Waals surface area contributed by atoms with Gasteiger partial charge < -0.3 is 29.2 Å². The number of nitriles is 1. The van der Waals surface area contributed by atoms with Crippen LogP contribution in [-0.4, -0.2) is 39.1 Å². The van der Waals surface area contributed by atoms with Crippen LogP contribution in [0.25, 0.3) is 10.8 Å². The largest absolute Gasteiger partial charge is 0.472 e. The van der Waals surface area contributed by atoms with E-state index in [-0.39, 0.29) is 18.7 Å². The number of aliphatic hydroxyl groups is 3. The van der Waals surface area contributed by atoms with Crippen LogP contribution in [0.5, 0.6) is 5.75 Å². The molecule has 0 spiro atoms. The van der Waals surface area contributed by atoms with E-state index in [0.29, 0.717) is 23.4 Å². The van der Waals surface area contributed by atoms with Crippen LogP contribution in [0.4, 0.5) is 0 Å². The van der Waals surface area contributed by atoms with Crippen molar-refractivity contribution in [3.63, 3.8) is 0 Å². The molecule has 1 saturated heterocycles. The molecule has 0 bridgehead atoms. The highest BCUT2D eigenvalue weighted by atomic mass is 16.7. The Hall–Kier alpha value is -3.78. The first-order valence-corrected chi connectivity index (χ1v) is 11.9. The fraction of sp³-hybridized carbons (Fsp3) is 0.286. The summed E-state index contributed by atoms with van der Waals surface area (Å²) in [6, 6.07) is 21.4. The van der Waals surface area contributed by atoms with Gasteiger partial charge in [-0.1, -0.05) is 36.4 Å². The number of pyridine rings is 1. The van der Waals surface area contributed by atoms with E-state index in [0.717, 1.165) is 10.8 Å². The normalized spacial score (nSPS) is 22.2. The lowest BCUT2D eigenvalue weighted by Crippen LogP contribution is -2.35. The minimum absolute atomic E-state index is 0.0766. The molecule has 3 N–H and O–H groups in total. The third kappa shape index (κ3) is 5.49. The second-order valence-electron chi connectivity index (χ2n) is 8.89. The molecule has 5 atom stereocenters. The first-order chi connectivity index (χ1) is 18.0. The molecule has 5 rings (SSSR count). The van der Waals surface area contributed by atoms with Crippen LogP contribution in [0.1, 0.15) is 42.2 Å². The summed E-state index contributed by atoms with van der Waals surface area (Å²) in [5.74, 6) is -2.02. The Bertz CT molecular complexity index is 1390. The van der Waals surface area contributed by atoms with Gasteiger partial charge in [-0.05, 0) is 41.1 Å². The zero-order chi connectivity index (χ0) is 25.8. The van der Waals surface area contributed by atoms with Crippen LogP contribution in [0.3, 0.4) is 0 Å². The van der Waals surface area contributed by atoms with Crippen molar-refractivity contribution in [2.75, 3.05) is 6.61 Å². The lowest BCUT2D eigenvalue weighted by atomic mass is 9.98. The molecule has 2 aromatic heterocycles. The third-order valence-electron chi connectivity index (χ3n) is 6.24. The van der Waals surface area contributed by atoms with E-state index < -0.39 is 30.4 Å². The molecule has 1 aliphatic rings. The molecule has 0 aliphatic carbocycles. The van der Waals surface area contributed by atoms with Crippen molar-refractivity contribution < 1.29 is 33.9 Å². The monoisotopic (exact) mass is 502 g/mol. The highest BCUT2D eigenvalue weighted by Crippen LogP contribution is 2.35. The molecule has 1 fully saturated rings. The Morgan fingerprint density at radius 3 is 2.68 bits per heavy atom. The molecule has 3 heterocycles. The van der Waals surface area contributed by atoms with E-state index in [2.05, 4.69) is 4.98 Å². The third-order valence-corrected chi connectivity index (χ3v) is 6.24. The van der Waals surface area contributed by atoms with E-state index >= 15 is 0 Å². The number of aliphatic hydroxyl groups excluding tert-OH is 2. The van der Waals surface area contributed by atoms with Crippen molar-refractivity contribution in [2.45, 2.75) is 43.2 Å². The molecule has 1 aliphatic heterocycles. The summed E-state index contributed by atoms with van der Waals surface area (Å²) in [4.78, 5) is 4.43. The van der Waals surface area contributed by atoms with E-state index in [1.165, 1.54) is 18.6 Å². The fourth-order valence-electron chi connectivity index (χ4n) is 4.35. The number of rotatable bonds is 8. The lowest BCUT2D eigenvalue weighted by molar-refractivity contribution is -0.252. The Labute approximate surface area is 213 Å². The Morgan fingerprint density at radius 1 is 1.08 bits per heavy atom. The minimum atomic E-state index is -2.49. The van der Waals surface area contributed by atoms with Crippen molar-refractivity contribution in [1.82, 2.24) is 4.98 Å². The van der Waals surface area contributed by atoms with Gasteiger partial charge in [0.15, 0.2) is 0 Å². The first kappa shape index (κ1) is 24.9. The standard InChI is InChI=1S/C28H26N2O7/c29-17-28(33,26-7-3-6-24(30-26)25-14-21(32)13-23(15-31)35-25)37-27(20-10-11-34-16-20)36-22-9-8-18-4-1-2-5-19(18)12-22/h1-12,16,21,23,25,27,31-33H,13-15H2. The number of aromatic nitrogens is 1. The van der Waals surface area contributed by atoms with Crippen LogP contribution in [0.15, 0.2) is 83.7 Å². The maximum atomic E-state index is 11.3. The summed E-state index contributed by atoms with van der Waals surface area (Å²) in [7, 11) is 0. The van der Waals surface area contributed by atoms with Gasteiger partial charge in [0, 0.05) is 12.8 Å². The minimum Gasteiger partial charge on any atom is -0.472 e. The van der Waals surface area contributed by atoms with E-state index in [1.807, 2.05) is 36.4 Å². The van der Waals surface area contributed by atoms with Crippen LogP contribution in [0, 0.1) is 11.3 Å². The fourth-order valence-corrected chi connectivity index (χ4v) is 4.35. The zero-order valence-electron chi connectivity index (χ0n) is 19.8. The number of ether oxygens (including phenoxy) is 3. The topological polar surface area (TPSA) is 138 Å². The molecule has 4 aromatic rings. The smallest absolute Gasteiger partial charge is 0.305 e. The van der Waals surface area contributed by atoms with Gasteiger partial charge in [-0.3, -0.25) is 4.74 Å². The molecule has 9 nitrogen and oxygen atoms in total. The summed E-state index contributed by atoms with van der Waals surface area (Å²) in [5.41, 5.74) is 0.761. The highest BCUT2D eigenvalue weighted by molar-refractivity contribution is 5.83. The summed E-state index contributed by atoms with van der Waals surface area (Å²) < 4.78 is 22.9. The lowest BCUT2D eigenvalue weighted by Gasteiger charge is -2.32. The Kier molecular flexibility index (Phi) is 7.19. The molecule has 190 valence electrons. The van der Waals surface area contributed by atoms with Gasteiger partial charge in [0.2, 0.25) is 6.29 Å². The summed E-state index contributed by atoms with van der Waals surface area (Å²) in [6.07, 6.45) is 0.379. The maximum absolute atomic E-state index is 11.3. The van der Waals surface area contributed by atoms with Crippen molar-refractivity contribution in [3.8, 4) is 11.8 Å². The molecule has 0 saturated carbocycles. The predicted octanol–water partition coefficient (Wildman–Crippen LogP) is 3.86. The number of benzene rings is 2. The number of hydrogen-bond donors (Lipinski definition) is 3. The molecule has 5 unspecified atom stereocenters. The van der Waals surface area contributed by atoms with E-state index in [9.17, 15) is 20.6 Å². The molecular weight excluding hydrogens is 476 g/mol. The Morgan fingerprint density at radius 2 is 1.92 bits per heavy atom. The second-order valence-corrected chi connectivity index (χ2v) is 8.89. The summed E-state index contributed by atoms with van der Waals surface area (Å²) >= 11 is 0. The average molecular weight is 503 g/mol. The molecule has 0 amide bonds.